The van der Waals surface area contributed by atoms with Gasteiger partial charge in [-0.25, -0.2) is 8.42 Å². The van der Waals surface area contributed by atoms with Crippen LogP contribution in [0.4, 0.5) is 5.69 Å². The van der Waals surface area contributed by atoms with Gasteiger partial charge in [0.1, 0.15) is 11.5 Å². The number of piperazine rings is 1. The van der Waals surface area contributed by atoms with E-state index in [4.69, 9.17) is 4.74 Å². The molecular weight excluding hydrogens is 474 g/mol. The Hall–Kier alpha value is -3.36. The van der Waals surface area contributed by atoms with E-state index in [1.807, 2.05) is 54.6 Å². The Morgan fingerprint density at radius 2 is 1.56 bits per heavy atom. The summed E-state index contributed by atoms with van der Waals surface area (Å²) < 4.78 is 33.4. The molecule has 1 saturated heterocycles. The first kappa shape index (κ1) is 24.3. The Morgan fingerprint density at radius 1 is 0.917 bits per heavy atom. The quantitative estimate of drug-likeness (QED) is 0.493. The van der Waals surface area contributed by atoms with Crippen LogP contribution in [-0.4, -0.2) is 57.1 Å². The van der Waals surface area contributed by atoms with E-state index in [-0.39, 0.29) is 11.7 Å². The molecule has 8 heteroatoms. The van der Waals surface area contributed by atoms with Gasteiger partial charge in [-0.05, 0) is 43.2 Å². The van der Waals surface area contributed by atoms with Gasteiger partial charge in [0.2, 0.25) is 15.9 Å². The SMILES string of the molecule is Cc1cccc(N2CCN(S(=O)(=O)CCCNC(=O)C3c4ccccc4Oc4ccccc43)CC2)c1. The number of hydrogen-bond acceptors (Lipinski definition) is 5. The Morgan fingerprint density at radius 3 is 2.19 bits per heavy atom. The molecule has 36 heavy (non-hydrogen) atoms. The standard InChI is InChI=1S/C28H31N3O4S/c1-21-8-6-9-22(20-21)30-15-17-31(18-16-30)36(33,34)19-7-14-29-28(32)27-23-10-2-4-12-25(23)35-26-13-5-3-11-24(26)27/h2-6,8-13,20,27H,7,14-19H2,1H3,(H,29,32). The summed E-state index contributed by atoms with van der Waals surface area (Å²) in [6.45, 7) is 4.63. The number of nitrogens with zero attached hydrogens (tertiary/aromatic N) is 2. The molecule has 0 saturated carbocycles. The zero-order chi connectivity index (χ0) is 25.1. The van der Waals surface area contributed by atoms with Crippen LogP contribution in [0.15, 0.2) is 72.8 Å². The predicted octanol–water partition coefficient (Wildman–Crippen LogP) is 3.89. The number of para-hydroxylation sites is 2. The fraction of sp³-hybridized carbons (Fsp3) is 0.321. The van der Waals surface area contributed by atoms with Crippen molar-refractivity contribution in [2.24, 2.45) is 0 Å². The average Bonchev–Trinajstić information content (AvgIpc) is 2.89. The molecule has 0 radical (unpaired) electrons. The lowest BCUT2D eigenvalue weighted by molar-refractivity contribution is -0.121. The van der Waals surface area contributed by atoms with Gasteiger partial charge in [-0.1, -0.05) is 48.5 Å². The van der Waals surface area contributed by atoms with Crippen molar-refractivity contribution in [2.45, 2.75) is 19.3 Å². The average molecular weight is 506 g/mol. The summed E-state index contributed by atoms with van der Waals surface area (Å²) in [6, 6.07) is 23.3. The Kier molecular flexibility index (Phi) is 6.98. The maximum atomic E-state index is 13.2. The van der Waals surface area contributed by atoms with Gasteiger partial charge in [-0.3, -0.25) is 4.79 Å². The second-order valence-corrected chi connectivity index (χ2v) is 11.4. The number of fused-ring (bicyclic) bond motifs is 2. The van der Waals surface area contributed by atoms with E-state index in [1.165, 1.54) is 5.56 Å². The zero-order valence-electron chi connectivity index (χ0n) is 20.4. The number of ether oxygens (including phenoxy) is 1. The summed E-state index contributed by atoms with van der Waals surface area (Å²) in [5.41, 5.74) is 3.95. The highest BCUT2D eigenvalue weighted by Crippen LogP contribution is 2.43. The van der Waals surface area contributed by atoms with E-state index in [1.54, 1.807) is 4.31 Å². The lowest BCUT2D eigenvalue weighted by Crippen LogP contribution is -2.49. The second-order valence-electron chi connectivity index (χ2n) is 9.30. The Bertz CT molecular complexity index is 1300. The summed E-state index contributed by atoms with van der Waals surface area (Å²) in [7, 11) is -3.38. The molecule has 2 aliphatic rings. The van der Waals surface area contributed by atoms with Crippen molar-refractivity contribution >= 4 is 21.6 Å². The number of amides is 1. The lowest BCUT2D eigenvalue weighted by atomic mass is 9.87. The summed E-state index contributed by atoms with van der Waals surface area (Å²) in [6.07, 6.45) is 0.360. The van der Waals surface area contributed by atoms with Gasteiger partial charge in [-0.15, -0.1) is 0 Å². The number of carbonyl (C=O) groups is 1. The van der Waals surface area contributed by atoms with Crippen LogP contribution in [0.5, 0.6) is 11.5 Å². The lowest BCUT2D eigenvalue weighted by Gasteiger charge is -2.35. The number of aryl methyl sites for hydroxylation is 1. The maximum Gasteiger partial charge on any atom is 0.232 e. The molecule has 1 N–H and O–H groups in total. The van der Waals surface area contributed by atoms with Crippen molar-refractivity contribution in [3.63, 3.8) is 0 Å². The topological polar surface area (TPSA) is 79.0 Å². The van der Waals surface area contributed by atoms with E-state index < -0.39 is 15.9 Å². The van der Waals surface area contributed by atoms with E-state index in [0.29, 0.717) is 50.6 Å². The highest BCUT2D eigenvalue weighted by Gasteiger charge is 2.32. The molecule has 0 atom stereocenters. The van der Waals surface area contributed by atoms with Crippen molar-refractivity contribution in [1.29, 1.82) is 0 Å². The van der Waals surface area contributed by atoms with Gasteiger partial charge in [-0.2, -0.15) is 4.31 Å². The zero-order valence-corrected chi connectivity index (χ0v) is 21.2. The largest absolute Gasteiger partial charge is 0.457 e. The number of sulfonamides is 1. The fourth-order valence-electron chi connectivity index (χ4n) is 4.94. The van der Waals surface area contributed by atoms with Gasteiger partial charge in [0.25, 0.3) is 0 Å². The van der Waals surface area contributed by atoms with Crippen LogP contribution in [-0.2, 0) is 14.8 Å². The Balaban J connectivity index is 1.15. The molecule has 3 aromatic rings. The molecule has 188 valence electrons. The van der Waals surface area contributed by atoms with Crippen LogP contribution in [0.25, 0.3) is 0 Å². The predicted molar refractivity (Wildman–Crippen MR) is 141 cm³/mol. The van der Waals surface area contributed by atoms with Crippen molar-refractivity contribution < 1.29 is 17.9 Å². The maximum absolute atomic E-state index is 13.2. The summed E-state index contributed by atoms with van der Waals surface area (Å²) >= 11 is 0. The number of nitrogens with one attached hydrogen (secondary N) is 1. The van der Waals surface area contributed by atoms with E-state index >= 15 is 0 Å². The number of benzene rings is 3. The molecular formula is C28H31N3O4S. The van der Waals surface area contributed by atoms with Gasteiger partial charge in [0.15, 0.2) is 0 Å². The minimum atomic E-state index is -3.38. The van der Waals surface area contributed by atoms with Gasteiger partial charge < -0.3 is 15.0 Å². The van der Waals surface area contributed by atoms with Crippen LogP contribution in [0.1, 0.15) is 29.0 Å². The first-order valence-corrected chi connectivity index (χ1v) is 14.0. The minimum Gasteiger partial charge on any atom is -0.457 e. The third kappa shape index (κ3) is 5.10. The van der Waals surface area contributed by atoms with Gasteiger partial charge in [0.05, 0.1) is 11.7 Å². The molecule has 1 amide bonds. The molecule has 3 aromatic carbocycles. The van der Waals surface area contributed by atoms with Crippen molar-refractivity contribution in [3.05, 3.63) is 89.5 Å². The molecule has 5 rings (SSSR count). The van der Waals surface area contributed by atoms with Gasteiger partial charge >= 0.3 is 0 Å². The monoisotopic (exact) mass is 505 g/mol. The number of carbonyl (C=O) groups excluding carboxylic acids is 1. The summed E-state index contributed by atoms with van der Waals surface area (Å²) in [5, 5.41) is 2.96. The smallest absolute Gasteiger partial charge is 0.232 e. The Labute approximate surface area is 212 Å². The number of anilines is 1. The first-order valence-electron chi connectivity index (χ1n) is 12.4. The number of hydrogen-bond donors (Lipinski definition) is 1. The summed E-state index contributed by atoms with van der Waals surface area (Å²) in [4.78, 5) is 15.4. The van der Waals surface area contributed by atoms with E-state index in [9.17, 15) is 13.2 Å². The van der Waals surface area contributed by atoms with E-state index in [2.05, 4.69) is 35.3 Å². The van der Waals surface area contributed by atoms with Crippen LogP contribution < -0.4 is 15.0 Å². The molecule has 0 bridgehead atoms. The van der Waals surface area contributed by atoms with Crippen LogP contribution in [0.2, 0.25) is 0 Å². The number of rotatable bonds is 7. The molecule has 0 aliphatic carbocycles. The molecule has 1 fully saturated rings. The summed E-state index contributed by atoms with van der Waals surface area (Å²) in [5.74, 6) is 0.714. The first-order chi connectivity index (χ1) is 17.4. The van der Waals surface area contributed by atoms with Crippen molar-refractivity contribution in [3.8, 4) is 11.5 Å². The molecule has 7 nitrogen and oxygen atoms in total. The van der Waals surface area contributed by atoms with Crippen LogP contribution >= 0.6 is 0 Å². The third-order valence-electron chi connectivity index (χ3n) is 6.82. The molecule has 0 aromatic heterocycles. The normalized spacial score (nSPS) is 16.1. The van der Waals surface area contributed by atoms with Crippen molar-refractivity contribution in [1.82, 2.24) is 9.62 Å². The molecule has 0 spiro atoms. The third-order valence-corrected chi connectivity index (χ3v) is 8.78. The highest BCUT2D eigenvalue weighted by molar-refractivity contribution is 7.89. The molecule has 0 unspecified atom stereocenters. The fourth-order valence-corrected chi connectivity index (χ4v) is 6.43. The van der Waals surface area contributed by atoms with Crippen LogP contribution in [0, 0.1) is 6.92 Å². The minimum absolute atomic E-state index is 0.0126. The van der Waals surface area contributed by atoms with E-state index in [0.717, 1.165) is 16.8 Å². The van der Waals surface area contributed by atoms with Gasteiger partial charge in [0, 0.05) is 49.5 Å². The second kappa shape index (κ2) is 10.3. The highest BCUT2D eigenvalue weighted by atomic mass is 32.2. The van der Waals surface area contributed by atoms with Crippen molar-refractivity contribution in [2.75, 3.05) is 43.4 Å². The molecule has 2 heterocycles. The van der Waals surface area contributed by atoms with Crippen LogP contribution in [0.3, 0.4) is 0 Å². The molecule has 2 aliphatic heterocycles.